The monoisotopic (exact) mass is 278 g/mol. The number of rotatable bonds is 1. The zero-order valence-corrected chi connectivity index (χ0v) is 10.8. The topological polar surface area (TPSA) is 80.5 Å². The molecule has 1 aliphatic heterocycles. The molecule has 0 atom stereocenters. The second-order valence-electron chi connectivity index (χ2n) is 4.48. The van der Waals surface area contributed by atoms with Gasteiger partial charge >= 0.3 is 0 Å². The van der Waals surface area contributed by atoms with Crippen molar-refractivity contribution in [3.8, 4) is 0 Å². The van der Waals surface area contributed by atoms with E-state index in [1.165, 1.54) is 29.6 Å². The molecule has 19 heavy (non-hydrogen) atoms. The fourth-order valence-corrected chi connectivity index (χ4v) is 3.80. The highest BCUT2D eigenvalue weighted by Crippen LogP contribution is 2.36. The van der Waals surface area contributed by atoms with Crippen molar-refractivity contribution in [1.29, 1.82) is 0 Å². The first kappa shape index (κ1) is 12.1. The van der Waals surface area contributed by atoms with E-state index in [0.29, 0.717) is 16.3 Å². The summed E-state index contributed by atoms with van der Waals surface area (Å²) in [4.78, 5) is 10.6. The molecule has 0 aliphatic carbocycles. The fraction of sp³-hybridized carbons (Fsp3) is 0.167. The number of non-ortho nitro benzene ring substituents is 1. The number of nitro benzene ring substituents is 1. The van der Waals surface area contributed by atoms with Gasteiger partial charge in [0, 0.05) is 31.1 Å². The minimum atomic E-state index is -3.50. The number of sulfonamides is 1. The molecular weight excluding hydrogens is 268 g/mol. The zero-order valence-electron chi connectivity index (χ0n) is 10.0. The average Bonchev–Trinajstić information content (AvgIpc) is 2.36. The van der Waals surface area contributed by atoms with Gasteiger partial charge < -0.3 is 0 Å². The number of nitrogens with zero attached hydrogens (tertiary/aromatic N) is 2. The minimum Gasteiger partial charge on any atom is -0.258 e. The van der Waals surface area contributed by atoms with Crippen molar-refractivity contribution in [3.05, 3.63) is 46.0 Å². The average molecular weight is 278 g/mol. The van der Waals surface area contributed by atoms with Gasteiger partial charge in [-0.2, -0.15) is 4.31 Å². The lowest BCUT2D eigenvalue weighted by atomic mass is 10.0. The molecule has 2 aromatic carbocycles. The van der Waals surface area contributed by atoms with Crippen molar-refractivity contribution < 1.29 is 13.3 Å². The second kappa shape index (κ2) is 3.75. The van der Waals surface area contributed by atoms with Crippen molar-refractivity contribution >= 4 is 26.5 Å². The maximum absolute atomic E-state index is 12.2. The standard InChI is InChI=1S/C12H10N2O4S/c1-13-7-9-6-10(14(15)16)5-8-3-2-4-11(12(8)9)19(13,17)18/h2-6H,7H2,1H3. The van der Waals surface area contributed by atoms with E-state index in [1.54, 1.807) is 12.1 Å². The van der Waals surface area contributed by atoms with Crippen LogP contribution in [-0.2, 0) is 16.6 Å². The van der Waals surface area contributed by atoms with Gasteiger partial charge in [-0.05, 0) is 17.0 Å². The highest BCUT2D eigenvalue weighted by Gasteiger charge is 2.30. The quantitative estimate of drug-likeness (QED) is 0.589. The van der Waals surface area contributed by atoms with E-state index in [-0.39, 0.29) is 17.1 Å². The molecule has 7 heteroatoms. The summed E-state index contributed by atoms with van der Waals surface area (Å²) in [6.45, 7) is 0.150. The Labute approximate surface area is 109 Å². The van der Waals surface area contributed by atoms with Crippen LogP contribution in [-0.4, -0.2) is 24.7 Å². The molecule has 0 radical (unpaired) electrons. The van der Waals surface area contributed by atoms with E-state index >= 15 is 0 Å². The summed E-state index contributed by atoms with van der Waals surface area (Å²) >= 11 is 0. The lowest BCUT2D eigenvalue weighted by Crippen LogP contribution is -2.30. The Balaban J connectivity index is 2.47. The predicted molar refractivity (Wildman–Crippen MR) is 69.3 cm³/mol. The first-order valence-electron chi connectivity index (χ1n) is 5.57. The molecule has 0 unspecified atom stereocenters. The summed E-state index contributed by atoms with van der Waals surface area (Å²) in [6, 6.07) is 7.67. The summed E-state index contributed by atoms with van der Waals surface area (Å²) < 4.78 is 25.6. The SMILES string of the molecule is CN1Cc2cc([N+](=O)[O-])cc3cccc(c23)S1(=O)=O. The predicted octanol–water partition coefficient (Wildman–Crippen LogP) is 1.88. The Morgan fingerprint density at radius 1 is 1.32 bits per heavy atom. The van der Waals surface area contributed by atoms with Crippen molar-refractivity contribution in [2.24, 2.45) is 0 Å². The van der Waals surface area contributed by atoms with E-state index in [1.807, 2.05) is 0 Å². The van der Waals surface area contributed by atoms with Gasteiger partial charge in [-0.3, -0.25) is 10.1 Å². The molecule has 0 bridgehead atoms. The van der Waals surface area contributed by atoms with E-state index < -0.39 is 14.9 Å². The maximum Gasteiger partial charge on any atom is 0.270 e. The van der Waals surface area contributed by atoms with Crippen LogP contribution in [0.25, 0.3) is 10.8 Å². The molecule has 3 rings (SSSR count). The van der Waals surface area contributed by atoms with Gasteiger partial charge in [0.25, 0.3) is 5.69 Å². The molecular formula is C12H10N2O4S. The van der Waals surface area contributed by atoms with Crippen LogP contribution in [0.4, 0.5) is 5.69 Å². The number of benzene rings is 2. The van der Waals surface area contributed by atoms with Crippen LogP contribution in [0.5, 0.6) is 0 Å². The minimum absolute atomic E-state index is 0.0210. The molecule has 1 heterocycles. The Kier molecular flexibility index (Phi) is 2.38. The van der Waals surface area contributed by atoms with E-state index in [0.717, 1.165) is 0 Å². The first-order chi connectivity index (χ1) is 8.91. The number of hydrogen-bond donors (Lipinski definition) is 0. The molecule has 2 aromatic rings. The summed E-state index contributed by atoms with van der Waals surface area (Å²) in [5, 5.41) is 12.1. The molecule has 6 nitrogen and oxygen atoms in total. The zero-order chi connectivity index (χ0) is 13.8. The maximum atomic E-state index is 12.2. The molecule has 0 saturated carbocycles. The molecule has 0 N–H and O–H groups in total. The third-order valence-corrected chi connectivity index (χ3v) is 5.14. The highest BCUT2D eigenvalue weighted by atomic mass is 32.2. The Bertz CT molecular complexity index is 814. The van der Waals surface area contributed by atoms with Gasteiger partial charge in [0.15, 0.2) is 0 Å². The Morgan fingerprint density at radius 2 is 2.05 bits per heavy atom. The van der Waals surface area contributed by atoms with Gasteiger partial charge in [-0.25, -0.2) is 8.42 Å². The van der Waals surface area contributed by atoms with Gasteiger partial charge in [0.1, 0.15) is 0 Å². The summed E-state index contributed by atoms with van der Waals surface area (Å²) in [7, 11) is -2.03. The normalized spacial score (nSPS) is 17.5. The van der Waals surface area contributed by atoms with Crippen LogP contribution in [0.3, 0.4) is 0 Å². The third-order valence-electron chi connectivity index (χ3n) is 3.30. The molecule has 0 spiro atoms. The van der Waals surface area contributed by atoms with E-state index in [9.17, 15) is 18.5 Å². The fourth-order valence-electron chi connectivity index (χ4n) is 2.40. The second-order valence-corrected chi connectivity index (χ2v) is 6.49. The number of nitro groups is 1. The number of hydrogen-bond acceptors (Lipinski definition) is 4. The molecule has 0 amide bonds. The van der Waals surface area contributed by atoms with Gasteiger partial charge in [0.05, 0.1) is 9.82 Å². The van der Waals surface area contributed by atoms with Crippen LogP contribution >= 0.6 is 0 Å². The molecule has 0 saturated heterocycles. The van der Waals surface area contributed by atoms with Crippen LogP contribution in [0.15, 0.2) is 35.2 Å². The summed E-state index contributed by atoms with van der Waals surface area (Å²) in [5.74, 6) is 0. The Morgan fingerprint density at radius 3 is 2.74 bits per heavy atom. The smallest absolute Gasteiger partial charge is 0.258 e. The van der Waals surface area contributed by atoms with Crippen molar-refractivity contribution in [2.75, 3.05) is 7.05 Å². The Hall–Kier alpha value is -1.99. The molecule has 98 valence electrons. The van der Waals surface area contributed by atoms with Crippen molar-refractivity contribution in [2.45, 2.75) is 11.4 Å². The first-order valence-corrected chi connectivity index (χ1v) is 7.01. The van der Waals surface area contributed by atoms with Gasteiger partial charge in [-0.1, -0.05) is 12.1 Å². The largest absolute Gasteiger partial charge is 0.270 e. The van der Waals surface area contributed by atoms with Crippen LogP contribution < -0.4 is 0 Å². The van der Waals surface area contributed by atoms with Gasteiger partial charge in [-0.15, -0.1) is 0 Å². The molecule has 0 fully saturated rings. The van der Waals surface area contributed by atoms with Crippen molar-refractivity contribution in [1.82, 2.24) is 4.31 Å². The van der Waals surface area contributed by atoms with E-state index in [2.05, 4.69) is 0 Å². The van der Waals surface area contributed by atoms with Crippen LogP contribution in [0, 0.1) is 10.1 Å². The van der Waals surface area contributed by atoms with Crippen molar-refractivity contribution in [3.63, 3.8) is 0 Å². The third kappa shape index (κ3) is 1.62. The summed E-state index contributed by atoms with van der Waals surface area (Å²) in [6.07, 6.45) is 0. The van der Waals surface area contributed by atoms with E-state index in [4.69, 9.17) is 0 Å². The van der Waals surface area contributed by atoms with Crippen LogP contribution in [0.2, 0.25) is 0 Å². The lowest BCUT2D eigenvalue weighted by molar-refractivity contribution is -0.384. The van der Waals surface area contributed by atoms with Crippen LogP contribution in [0.1, 0.15) is 5.56 Å². The van der Waals surface area contributed by atoms with Gasteiger partial charge in [0.2, 0.25) is 10.0 Å². The molecule has 0 aromatic heterocycles. The lowest BCUT2D eigenvalue weighted by Gasteiger charge is -2.25. The highest BCUT2D eigenvalue weighted by molar-refractivity contribution is 7.89. The molecule has 1 aliphatic rings. The summed E-state index contributed by atoms with van der Waals surface area (Å²) in [5.41, 5.74) is 0.643.